The van der Waals surface area contributed by atoms with Crippen molar-refractivity contribution >= 4 is 27.4 Å². The SMILES string of the molecule is CC(=O)c1ccc(N2C3CCC2CC(O)C3)cc1Br. The average Bonchev–Trinajstić information content (AvgIpc) is 2.61. The average molecular weight is 324 g/mol. The van der Waals surface area contributed by atoms with Crippen molar-refractivity contribution in [1.82, 2.24) is 0 Å². The highest BCUT2D eigenvalue weighted by Crippen LogP contribution is 2.40. The minimum absolute atomic E-state index is 0.0791. The van der Waals surface area contributed by atoms with Crippen molar-refractivity contribution in [3.63, 3.8) is 0 Å². The molecule has 2 saturated heterocycles. The van der Waals surface area contributed by atoms with Crippen LogP contribution in [0.2, 0.25) is 0 Å². The molecule has 0 aromatic heterocycles. The Labute approximate surface area is 121 Å². The lowest BCUT2D eigenvalue weighted by Crippen LogP contribution is -2.44. The van der Waals surface area contributed by atoms with E-state index in [0.717, 1.165) is 41.4 Å². The monoisotopic (exact) mass is 323 g/mol. The molecule has 0 spiro atoms. The van der Waals surface area contributed by atoms with Crippen LogP contribution in [0.15, 0.2) is 22.7 Å². The Morgan fingerprint density at radius 2 is 1.95 bits per heavy atom. The molecule has 1 N–H and O–H groups in total. The van der Waals surface area contributed by atoms with Gasteiger partial charge < -0.3 is 10.0 Å². The smallest absolute Gasteiger partial charge is 0.160 e. The van der Waals surface area contributed by atoms with Crippen molar-refractivity contribution in [3.05, 3.63) is 28.2 Å². The Balaban J connectivity index is 1.91. The van der Waals surface area contributed by atoms with E-state index in [2.05, 4.69) is 20.8 Å². The zero-order chi connectivity index (χ0) is 13.6. The lowest BCUT2D eigenvalue weighted by Gasteiger charge is -2.39. The molecule has 0 radical (unpaired) electrons. The Morgan fingerprint density at radius 3 is 2.47 bits per heavy atom. The third-order valence-corrected chi connectivity index (χ3v) is 4.99. The zero-order valence-electron chi connectivity index (χ0n) is 11.0. The van der Waals surface area contributed by atoms with Gasteiger partial charge in [-0.25, -0.2) is 0 Å². The molecule has 1 aromatic rings. The van der Waals surface area contributed by atoms with Gasteiger partial charge in [0.05, 0.1) is 6.10 Å². The first-order valence-corrected chi connectivity index (χ1v) is 7.62. The highest BCUT2D eigenvalue weighted by molar-refractivity contribution is 9.10. The van der Waals surface area contributed by atoms with E-state index in [-0.39, 0.29) is 11.9 Å². The van der Waals surface area contributed by atoms with E-state index in [1.54, 1.807) is 6.92 Å². The van der Waals surface area contributed by atoms with Crippen molar-refractivity contribution in [1.29, 1.82) is 0 Å². The summed E-state index contributed by atoms with van der Waals surface area (Å²) in [5.41, 5.74) is 1.89. The van der Waals surface area contributed by atoms with Crippen LogP contribution in [-0.4, -0.2) is 29.1 Å². The second-order valence-corrected chi connectivity index (χ2v) is 6.49. The standard InChI is InChI=1S/C15H18BrNO2/c1-9(18)14-5-4-12(8-15(14)16)17-10-2-3-11(17)7-13(19)6-10/h4-5,8,10-11,13,19H,2-3,6-7H2,1H3. The van der Waals surface area contributed by atoms with Gasteiger partial charge >= 0.3 is 0 Å². The lowest BCUT2D eigenvalue weighted by molar-refractivity contribution is 0.101. The second-order valence-electron chi connectivity index (χ2n) is 5.64. The van der Waals surface area contributed by atoms with Crippen LogP contribution in [-0.2, 0) is 0 Å². The van der Waals surface area contributed by atoms with E-state index >= 15 is 0 Å². The molecule has 102 valence electrons. The van der Waals surface area contributed by atoms with E-state index in [0.29, 0.717) is 12.1 Å². The molecule has 2 unspecified atom stereocenters. The number of rotatable bonds is 2. The van der Waals surface area contributed by atoms with E-state index in [1.165, 1.54) is 0 Å². The zero-order valence-corrected chi connectivity index (χ0v) is 12.6. The number of carbonyl (C=O) groups excluding carboxylic acids is 1. The first-order chi connectivity index (χ1) is 9.06. The van der Waals surface area contributed by atoms with Crippen LogP contribution < -0.4 is 4.90 Å². The van der Waals surface area contributed by atoms with Gasteiger partial charge in [-0.05, 0) is 66.7 Å². The van der Waals surface area contributed by atoms with Gasteiger partial charge in [0.25, 0.3) is 0 Å². The molecule has 2 aliphatic rings. The summed E-state index contributed by atoms with van der Waals surface area (Å²) in [5, 5.41) is 9.85. The van der Waals surface area contributed by atoms with E-state index in [1.807, 2.05) is 18.2 Å². The fourth-order valence-electron chi connectivity index (χ4n) is 3.52. The number of ketones is 1. The maximum Gasteiger partial charge on any atom is 0.160 e. The van der Waals surface area contributed by atoms with E-state index in [9.17, 15) is 9.90 Å². The molecule has 2 atom stereocenters. The fraction of sp³-hybridized carbons (Fsp3) is 0.533. The van der Waals surface area contributed by atoms with Crippen LogP contribution in [0.4, 0.5) is 5.69 Å². The topological polar surface area (TPSA) is 40.5 Å². The molecule has 3 rings (SSSR count). The number of nitrogens with zero attached hydrogens (tertiary/aromatic N) is 1. The molecule has 2 aliphatic heterocycles. The molecule has 1 aromatic carbocycles. The van der Waals surface area contributed by atoms with Gasteiger partial charge in [-0.2, -0.15) is 0 Å². The minimum Gasteiger partial charge on any atom is -0.393 e. The molecule has 4 heteroatoms. The number of hydrogen-bond acceptors (Lipinski definition) is 3. The number of aliphatic hydroxyl groups is 1. The minimum atomic E-state index is -0.145. The highest BCUT2D eigenvalue weighted by Gasteiger charge is 2.40. The lowest BCUT2D eigenvalue weighted by atomic mass is 9.98. The van der Waals surface area contributed by atoms with Crippen LogP contribution in [0.1, 0.15) is 43.0 Å². The fourth-order valence-corrected chi connectivity index (χ4v) is 4.17. The first-order valence-electron chi connectivity index (χ1n) is 6.83. The second kappa shape index (κ2) is 4.91. The maximum absolute atomic E-state index is 11.5. The van der Waals surface area contributed by atoms with Gasteiger partial charge in [-0.1, -0.05) is 0 Å². The number of aliphatic hydroxyl groups excluding tert-OH is 1. The van der Waals surface area contributed by atoms with Crippen molar-refractivity contribution in [2.24, 2.45) is 0 Å². The largest absolute Gasteiger partial charge is 0.393 e. The summed E-state index contributed by atoms with van der Waals surface area (Å²) in [5.74, 6) is 0.0791. The summed E-state index contributed by atoms with van der Waals surface area (Å²) in [4.78, 5) is 13.9. The third kappa shape index (κ3) is 2.32. The molecular formula is C15H18BrNO2. The molecule has 0 amide bonds. The number of hydrogen-bond donors (Lipinski definition) is 1. The first kappa shape index (κ1) is 13.1. The summed E-state index contributed by atoms with van der Waals surface area (Å²) in [6.07, 6.45) is 3.90. The summed E-state index contributed by atoms with van der Waals surface area (Å²) in [6.45, 7) is 1.58. The maximum atomic E-state index is 11.5. The molecule has 0 aliphatic carbocycles. The van der Waals surface area contributed by atoms with Crippen LogP contribution in [0.3, 0.4) is 0 Å². The molecule has 2 heterocycles. The molecule has 0 saturated carbocycles. The number of piperidine rings is 1. The number of anilines is 1. The van der Waals surface area contributed by atoms with Crippen molar-refractivity contribution in [2.45, 2.75) is 50.8 Å². The van der Waals surface area contributed by atoms with Crippen molar-refractivity contribution in [2.75, 3.05) is 4.90 Å². The van der Waals surface area contributed by atoms with Crippen LogP contribution >= 0.6 is 15.9 Å². The van der Waals surface area contributed by atoms with Crippen LogP contribution in [0.5, 0.6) is 0 Å². The quantitative estimate of drug-likeness (QED) is 0.850. The number of halogens is 1. The Hall–Kier alpha value is -0.870. The summed E-state index contributed by atoms with van der Waals surface area (Å²) >= 11 is 3.49. The normalized spacial score (nSPS) is 29.6. The summed E-state index contributed by atoms with van der Waals surface area (Å²) in [7, 11) is 0. The molecule has 3 nitrogen and oxygen atoms in total. The van der Waals surface area contributed by atoms with Crippen LogP contribution in [0, 0.1) is 0 Å². The summed E-state index contributed by atoms with van der Waals surface area (Å²) in [6, 6.07) is 6.86. The van der Waals surface area contributed by atoms with E-state index in [4.69, 9.17) is 0 Å². The van der Waals surface area contributed by atoms with Crippen molar-refractivity contribution in [3.8, 4) is 0 Å². The molecule has 2 bridgehead atoms. The molecule has 2 fully saturated rings. The van der Waals surface area contributed by atoms with Gasteiger partial charge in [0.15, 0.2) is 5.78 Å². The van der Waals surface area contributed by atoms with Gasteiger partial charge in [0, 0.05) is 27.8 Å². The number of carbonyl (C=O) groups is 1. The van der Waals surface area contributed by atoms with Gasteiger partial charge in [-0.3, -0.25) is 4.79 Å². The highest BCUT2D eigenvalue weighted by atomic mass is 79.9. The number of fused-ring (bicyclic) bond motifs is 2. The third-order valence-electron chi connectivity index (χ3n) is 4.34. The molecule has 19 heavy (non-hydrogen) atoms. The predicted molar refractivity (Wildman–Crippen MR) is 78.7 cm³/mol. The van der Waals surface area contributed by atoms with Gasteiger partial charge in [0.1, 0.15) is 0 Å². The number of Topliss-reactive ketones (excluding diaryl/α,β-unsaturated/α-hetero) is 1. The van der Waals surface area contributed by atoms with E-state index < -0.39 is 0 Å². The Kier molecular flexibility index (Phi) is 3.39. The number of benzene rings is 1. The molecular weight excluding hydrogens is 306 g/mol. The van der Waals surface area contributed by atoms with Gasteiger partial charge in [-0.15, -0.1) is 0 Å². The Bertz CT molecular complexity index is 503. The predicted octanol–water partition coefficient (Wildman–Crippen LogP) is 3.14. The van der Waals surface area contributed by atoms with Gasteiger partial charge in [0.2, 0.25) is 0 Å². The van der Waals surface area contributed by atoms with Crippen LogP contribution in [0.25, 0.3) is 0 Å². The van der Waals surface area contributed by atoms with Crippen molar-refractivity contribution < 1.29 is 9.90 Å². The summed E-state index contributed by atoms with van der Waals surface area (Å²) < 4.78 is 0.864. The Morgan fingerprint density at radius 1 is 1.32 bits per heavy atom.